The van der Waals surface area contributed by atoms with Crippen molar-refractivity contribution in [2.45, 2.75) is 44.1 Å². The van der Waals surface area contributed by atoms with Crippen LogP contribution >= 0.6 is 0 Å². The molecule has 0 amide bonds. The van der Waals surface area contributed by atoms with Gasteiger partial charge in [0.05, 0.1) is 5.60 Å². The molecule has 0 radical (unpaired) electrons. The molecular weight excluding hydrogens is 272 g/mol. The second-order valence-corrected chi connectivity index (χ2v) is 6.22. The second-order valence-electron chi connectivity index (χ2n) is 6.22. The van der Waals surface area contributed by atoms with Crippen LogP contribution in [-0.2, 0) is 12.0 Å². The monoisotopic (exact) mass is 294 g/mol. The molecule has 3 rings (SSSR count). The Morgan fingerprint density at radius 3 is 2.27 bits per heavy atom. The third-order valence-electron chi connectivity index (χ3n) is 4.65. The van der Waals surface area contributed by atoms with Crippen LogP contribution in [0.5, 0.6) is 0 Å². The summed E-state index contributed by atoms with van der Waals surface area (Å²) < 4.78 is 0. The van der Waals surface area contributed by atoms with Crippen LogP contribution in [0.3, 0.4) is 0 Å². The summed E-state index contributed by atoms with van der Waals surface area (Å²) in [5.41, 5.74) is 1.87. The average Bonchev–Trinajstić information content (AvgIpc) is 2.57. The summed E-state index contributed by atoms with van der Waals surface area (Å²) in [7, 11) is 0. The standard InChI is InChI=1S/C20H22O2/c21-19(16-9-3-1-4-10-16)15-17-11-5-6-12-18(17)20(22)13-7-2-8-14-20/h1,3-6,9-12,22H,2,7-8,13-15H2. The fourth-order valence-electron chi connectivity index (χ4n) is 3.43. The van der Waals surface area contributed by atoms with Gasteiger partial charge in [-0.3, -0.25) is 4.79 Å². The molecule has 0 aromatic heterocycles. The van der Waals surface area contributed by atoms with E-state index in [9.17, 15) is 9.90 Å². The van der Waals surface area contributed by atoms with Crippen molar-refractivity contribution < 1.29 is 9.90 Å². The maximum atomic E-state index is 12.5. The highest BCUT2D eigenvalue weighted by Crippen LogP contribution is 2.38. The third-order valence-corrected chi connectivity index (χ3v) is 4.65. The maximum absolute atomic E-state index is 12.5. The van der Waals surface area contributed by atoms with Crippen molar-refractivity contribution in [2.24, 2.45) is 0 Å². The summed E-state index contributed by atoms with van der Waals surface area (Å²) in [5.74, 6) is 0.104. The molecule has 0 bridgehead atoms. The van der Waals surface area contributed by atoms with Crippen molar-refractivity contribution in [3.05, 3.63) is 71.3 Å². The summed E-state index contributed by atoms with van der Waals surface area (Å²) in [6.45, 7) is 0. The Balaban J connectivity index is 1.87. The van der Waals surface area contributed by atoms with Crippen molar-refractivity contribution in [3.63, 3.8) is 0 Å². The van der Waals surface area contributed by atoms with Crippen molar-refractivity contribution >= 4 is 5.78 Å². The van der Waals surface area contributed by atoms with Crippen molar-refractivity contribution in [3.8, 4) is 0 Å². The van der Waals surface area contributed by atoms with Gasteiger partial charge in [-0.2, -0.15) is 0 Å². The molecular formula is C20H22O2. The van der Waals surface area contributed by atoms with E-state index in [0.29, 0.717) is 6.42 Å². The van der Waals surface area contributed by atoms with Gasteiger partial charge in [-0.25, -0.2) is 0 Å². The Morgan fingerprint density at radius 1 is 0.909 bits per heavy atom. The number of aliphatic hydroxyl groups is 1. The number of carbonyl (C=O) groups excluding carboxylic acids is 1. The van der Waals surface area contributed by atoms with E-state index in [0.717, 1.165) is 42.4 Å². The Kier molecular flexibility index (Phi) is 4.39. The topological polar surface area (TPSA) is 37.3 Å². The first kappa shape index (κ1) is 15.0. The lowest BCUT2D eigenvalue weighted by molar-refractivity contribution is -0.00133. The van der Waals surface area contributed by atoms with Gasteiger partial charge in [0.2, 0.25) is 0 Å². The van der Waals surface area contributed by atoms with E-state index < -0.39 is 5.60 Å². The molecule has 0 spiro atoms. The second kappa shape index (κ2) is 6.45. The number of benzene rings is 2. The minimum absolute atomic E-state index is 0.104. The number of rotatable bonds is 4. The fourth-order valence-corrected chi connectivity index (χ4v) is 3.43. The van der Waals surface area contributed by atoms with Crippen LogP contribution in [-0.4, -0.2) is 10.9 Å². The highest BCUT2D eigenvalue weighted by Gasteiger charge is 2.33. The van der Waals surface area contributed by atoms with Gasteiger partial charge in [-0.15, -0.1) is 0 Å². The molecule has 1 fully saturated rings. The van der Waals surface area contributed by atoms with E-state index in [2.05, 4.69) is 0 Å². The SMILES string of the molecule is O=C(Cc1ccccc1C1(O)CCCCC1)c1ccccc1. The van der Waals surface area contributed by atoms with E-state index in [1.54, 1.807) is 0 Å². The zero-order chi connectivity index (χ0) is 15.4. The molecule has 0 unspecified atom stereocenters. The Bertz CT molecular complexity index is 640. The van der Waals surface area contributed by atoms with Gasteiger partial charge in [0.1, 0.15) is 0 Å². The van der Waals surface area contributed by atoms with Crippen molar-refractivity contribution in [1.82, 2.24) is 0 Å². The largest absolute Gasteiger partial charge is 0.385 e. The van der Waals surface area contributed by atoms with Crippen LogP contribution in [0.1, 0.15) is 53.6 Å². The molecule has 0 heterocycles. The molecule has 0 atom stereocenters. The number of hydrogen-bond acceptors (Lipinski definition) is 2. The lowest BCUT2D eigenvalue weighted by atomic mass is 9.77. The Morgan fingerprint density at radius 2 is 1.55 bits per heavy atom. The molecule has 2 heteroatoms. The van der Waals surface area contributed by atoms with Crippen LogP contribution in [0.4, 0.5) is 0 Å². The van der Waals surface area contributed by atoms with Gasteiger partial charge in [0.25, 0.3) is 0 Å². The van der Waals surface area contributed by atoms with Crippen LogP contribution in [0.2, 0.25) is 0 Å². The Labute approximate surface area is 131 Å². The zero-order valence-corrected chi connectivity index (χ0v) is 12.8. The van der Waals surface area contributed by atoms with E-state index in [4.69, 9.17) is 0 Å². The zero-order valence-electron chi connectivity index (χ0n) is 12.8. The van der Waals surface area contributed by atoms with Crippen molar-refractivity contribution in [2.75, 3.05) is 0 Å². The first-order valence-corrected chi connectivity index (χ1v) is 8.08. The minimum atomic E-state index is -0.758. The fraction of sp³-hybridized carbons (Fsp3) is 0.350. The van der Waals surface area contributed by atoms with E-state index >= 15 is 0 Å². The molecule has 0 aliphatic heterocycles. The molecule has 2 nitrogen and oxygen atoms in total. The van der Waals surface area contributed by atoms with Crippen LogP contribution in [0.25, 0.3) is 0 Å². The summed E-state index contributed by atoms with van der Waals surface area (Å²) in [6, 6.07) is 17.2. The van der Waals surface area contributed by atoms with E-state index in [-0.39, 0.29) is 5.78 Å². The lowest BCUT2D eigenvalue weighted by Crippen LogP contribution is -2.30. The summed E-state index contributed by atoms with van der Waals surface area (Å²) >= 11 is 0. The third kappa shape index (κ3) is 3.12. The Hall–Kier alpha value is -1.93. The van der Waals surface area contributed by atoms with Gasteiger partial charge in [0, 0.05) is 12.0 Å². The molecule has 22 heavy (non-hydrogen) atoms. The predicted molar refractivity (Wildman–Crippen MR) is 87.9 cm³/mol. The molecule has 1 aliphatic carbocycles. The molecule has 2 aromatic carbocycles. The normalized spacial score (nSPS) is 17.1. The van der Waals surface area contributed by atoms with Crippen LogP contribution < -0.4 is 0 Å². The van der Waals surface area contributed by atoms with Gasteiger partial charge < -0.3 is 5.11 Å². The molecule has 1 N–H and O–H groups in total. The summed E-state index contributed by atoms with van der Waals surface area (Å²) in [5, 5.41) is 11.0. The van der Waals surface area contributed by atoms with Crippen LogP contribution in [0.15, 0.2) is 54.6 Å². The number of ketones is 1. The average molecular weight is 294 g/mol. The van der Waals surface area contributed by atoms with Gasteiger partial charge in [0.15, 0.2) is 5.78 Å². The number of carbonyl (C=O) groups is 1. The van der Waals surface area contributed by atoms with Crippen LogP contribution in [0, 0.1) is 0 Å². The molecule has 114 valence electrons. The predicted octanol–water partition coefficient (Wildman–Crippen LogP) is 4.26. The quantitative estimate of drug-likeness (QED) is 0.855. The van der Waals surface area contributed by atoms with Crippen molar-refractivity contribution in [1.29, 1.82) is 0 Å². The molecule has 1 aliphatic rings. The summed E-state index contributed by atoms with van der Waals surface area (Å²) in [4.78, 5) is 12.5. The number of hydrogen-bond donors (Lipinski definition) is 1. The first-order chi connectivity index (χ1) is 10.7. The van der Waals surface area contributed by atoms with E-state index in [1.807, 2.05) is 54.6 Å². The molecule has 1 saturated carbocycles. The van der Waals surface area contributed by atoms with Gasteiger partial charge in [-0.05, 0) is 24.0 Å². The smallest absolute Gasteiger partial charge is 0.167 e. The van der Waals surface area contributed by atoms with Gasteiger partial charge >= 0.3 is 0 Å². The maximum Gasteiger partial charge on any atom is 0.167 e. The summed E-state index contributed by atoms with van der Waals surface area (Å²) in [6.07, 6.45) is 5.23. The molecule has 0 saturated heterocycles. The highest BCUT2D eigenvalue weighted by molar-refractivity contribution is 5.97. The molecule has 2 aromatic rings. The highest BCUT2D eigenvalue weighted by atomic mass is 16.3. The number of Topliss-reactive ketones (excluding diaryl/α,β-unsaturated/α-hetero) is 1. The lowest BCUT2D eigenvalue weighted by Gasteiger charge is -2.34. The first-order valence-electron chi connectivity index (χ1n) is 8.08. The minimum Gasteiger partial charge on any atom is -0.385 e. The van der Waals surface area contributed by atoms with Gasteiger partial charge in [-0.1, -0.05) is 73.9 Å². The van der Waals surface area contributed by atoms with E-state index in [1.165, 1.54) is 6.42 Å².